The van der Waals surface area contributed by atoms with Crippen LogP contribution in [0.15, 0.2) is 54.9 Å². The molecule has 1 aliphatic carbocycles. The standard InChI is InChI=1S/C26H23ClN4O3/c1-28-23(33)26(8-9-26)31-15-25(20-12-17(27)6-7-19(20)22(31)32)10-11-30(24(25)34)21-14-29-13-16-4-2-3-5-18(16)21/h2-7,12-14H,8-11,15H2,1H3,(H,28,33)/t25-/m1/s1. The van der Waals surface area contributed by atoms with Crippen molar-refractivity contribution < 1.29 is 14.4 Å². The Kier molecular flexibility index (Phi) is 4.51. The van der Waals surface area contributed by atoms with Crippen molar-refractivity contribution in [3.05, 3.63) is 71.0 Å². The van der Waals surface area contributed by atoms with E-state index in [2.05, 4.69) is 10.3 Å². The van der Waals surface area contributed by atoms with Gasteiger partial charge < -0.3 is 15.1 Å². The Hall–Kier alpha value is -3.45. The fraction of sp³-hybridized carbons (Fsp3) is 0.308. The molecule has 172 valence electrons. The van der Waals surface area contributed by atoms with Gasteiger partial charge in [-0.05, 0) is 43.0 Å². The molecule has 2 fully saturated rings. The second kappa shape index (κ2) is 7.27. The molecule has 6 rings (SSSR count). The van der Waals surface area contributed by atoms with Gasteiger partial charge in [0.1, 0.15) is 5.54 Å². The lowest BCUT2D eigenvalue weighted by molar-refractivity contribution is -0.129. The number of nitrogens with one attached hydrogen (secondary N) is 1. The van der Waals surface area contributed by atoms with Crippen LogP contribution in [-0.4, -0.2) is 53.3 Å². The third kappa shape index (κ3) is 2.76. The van der Waals surface area contributed by atoms with Gasteiger partial charge in [0.15, 0.2) is 0 Å². The number of fused-ring (bicyclic) bond motifs is 3. The summed E-state index contributed by atoms with van der Waals surface area (Å²) >= 11 is 6.35. The van der Waals surface area contributed by atoms with Crippen LogP contribution in [0.1, 0.15) is 35.2 Å². The van der Waals surface area contributed by atoms with Gasteiger partial charge in [-0.2, -0.15) is 0 Å². The fourth-order valence-corrected chi connectivity index (χ4v) is 5.87. The van der Waals surface area contributed by atoms with Crippen LogP contribution >= 0.6 is 11.6 Å². The van der Waals surface area contributed by atoms with E-state index in [4.69, 9.17) is 11.6 Å². The van der Waals surface area contributed by atoms with Gasteiger partial charge >= 0.3 is 0 Å². The number of benzene rings is 2. The van der Waals surface area contributed by atoms with Crippen LogP contribution in [0.5, 0.6) is 0 Å². The van der Waals surface area contributed by atoms with E-state index < -0.39 is 11.0 Å². The molecule has 0 radical (unpaired) electrons. The number of pyridine rings is 1. The number of halogens is 1. The maximum atomic E-state index is 14.3. The third-order valence-corrected chi connectivity index (χ3v) is 7.88. The van der Waals surface area contributed by atoms with Crippen molar-refractivity contribution in [1.29, 1.82) is 0 Å². The van der Waals surface area contributed by atoms with Gasteiger partial charge in [-0.1, -0.05) is 35.9 Å². The lowest BCUT2D eigenvalue weighted by atomic mass is 9.73. The van der Waals surface area contributed by atoms with Gasteiger partial charge in [-0.3, -0.25) is 19.4 Å². The molecule has 3 aromatic rings. The van der Waals surface area contributed by atoms with Crippen LogP contribution < -0.4 is 10.2 Å². The second-order valence-corrected chi connectivity index (χ2v) is 9.80. The van der Waals surface area contributed by atoms with E-state index in [9.17, 15) is 14.4 Å². The van der Waals surface area contributed by atoms with Crippen LogP contribution in [0.2, 0.25) is 5.02 Å². The number of aromatic nitrogens is 1. The predicted molar refractivity (Wildman–Crippen MR) is 129 cm³/mol. The summed E-state index contributed by atoms with van der Waals surface area (Å²) in [4.78, 5) is 48.4. The fourth-order valence-electron chi connectivity index (χ4n) is 5.70. The Bertz CT molecular complexity index is 1380. The van der Waals surface area contributed by atoms with Gasteiger partial charge in [-0.15, -0.1) is 0 Å². The summed E-state index contributed by atoms with van der Waals surface area (Å²) in [5, 5.41) is 5.08. The molecule has 1 spiro atoms. The first kappa shape index (κ1) is 21.1. The quantitative estimate of drug-likeness (QED) is 0.631. The van der Waals surface area contributed by atoms with Crippen LogP contribution in [0.3, 0.4) is 0 Å². The number of hydrogen-bond donors (Lipinski definition) is 1. The van der Waals surface area contributed by atoms with E-state index in [1.165, 1.54) is 0 Å². The first-order valence-electron chi connectivity index (χ1n) is 11.4. The minimum atomic E-state index is -0.977. The molecule has 1 atom stereocenters. The highest BCUT2D eigenvalue weighted by molar-refractivity contribution is 6.31. The molecular weight excluding hydrogens is 452 g/mol. The summed E-state index contributed by atoms with van der Waals surface area (Å²) in [6, 6.07) is 12.9. The number of nitrogens with zero attached hydrogens (tertiary/aromatic N) is 3. The number of carbonyl (C=O) groups excluding carboxylic acids is 3. The number of rotatable bonds is 3. The molecule has 0 unspecified atom stereocenters. The molecule has 2 aromatic carbocycles. The average Bonchev–Trinajstić information content (AvgIpc) is 3.60. The third-order valence-electron chi connectivity index (χ3n) is 7.65. The zero-order valence-electron chi connectivity index (χ0n) is 18.7. The molecule has 1 saturated heterocycles. The largest absolute Gasteiger partial charge is 0.357 e. The van der Waals surface area contributed by atoms with Gasteiger partial charge in [0.05, 0.1) is 17.3 Å². The smallest absolute Gasteiger partial charge is 0.255 e. The van der Waals surface area contributed by atoms with Gasteiger partial charge in [0.25, 0.3) is 5.91 Å². The molecule has 3 amide bonds. The van der Waals surface area contributed by atoms with Crippen LogP contribution in [0.4, 0.5) is 5.69 Å². The van der Waals surface area contributed by atoms with Crippen LogP contribution in [0.25, 0.3) is 10.8 Å². The van der Waals surface area contributed by atoms with E-state index in [0.29, 0.717) is 42.0 Å². The van der Waals surface area contributed by atoms with Crippen molar-refractivity contribution >= 4 is 45.8 Å². The Balaban J connectivity index is 1.49. The normalized spacial score (nSPS) is 22.9. The molecule has 3 heterocycles. The summed E-state index contributed by atoms with van der Waals surface area (Å²) < 4.78 is 0. The molecule has 8 heteroatoms. The predicted octanol–water partition coefficient (Wildman–Crippen LogP) is 3.30. The van der Waals surface area contributed by atoms with Crippen LogP contribution in [-0.2, 0) is 15.0 Å². The summed E-state index contributed by atoms with van der Waals surface area (Å²) in [6.45, 7) is 0.635. The van der Waals surface area contributed by atoms with Crippen molar-refractivity contribution in [3.8, 4) is 0 Å². The molecule has 3 aliphatic rings. The monoisotopic (exact) mass is 474 g/mol. The minimum Gasteiger partial charge on any atom is -0.357 e. The highest BCUT2D eigenvalue weighted by Crippen LogP contribution is 2.51. The molecule has 1 aromatic heterocycles. The van der Waals surface area contributed by atoms with Crippen molar-refractivity contribution in [2.24, 2.45) is 0 Å². The van der Waals surface area contributed by atoms with E-state index in [1.54, 1.807) is 47.4 Å². The molecule has 2 aliphatic heterocycles. The first-order valence-corrected chi connectivity index (χ1v) is 11.8. The second-order valence-electron chi connectivity index (χ2n) is 9.36. The zero-order chi connectivity index (χ0) is 23.7. The number of hydrogen-bond acceptors (Lipinski definition) is 4. The van der Waals surface area contributed by atoms with Crippen molar-refractivity contribution in [2.45, 2.75) is 30.2 Å². The number of carbonyl (C=O) groups is 3. The lowest BCUT2D eigenvalue weighted by Crippen LogP contribution is -2.60. The number of amides is 3. The molecule has 7 nitrogen and oxygen atoms in total. The van der Waals surface area contributed by atoms with Crippen LogP contribution in [0, 0.1) is 0 Å². The lowest BCUT2D eigenvalue weighted by Gasteiger charge is -2.43. The molecule has 1 N–H and O–H groups in total. The Morgan fingerprint density at radius 2 is 1.88 bits per heavy atom. The SMILES string of the molecule is CNC(=O)C1(N2C[C@]3(CCN(c4cncc5ccccc45)C3=O)c3cc(Cl)ccc3C2=O)CC1. The summed E-state index contributed by atoms with van der Waals surface area (Å²) in [5.74, 6) is -0.509. The van der Waals surface area contributed by atoms with E-state index in [-0.39, 0.29) is 24.3 Å². The Labute approximate surface area is 201 Å². The highest BCUT2D eigenvalue weighted by Gasteiger charge is 2.63. The summed E-state index contributed by atoms with van der Waals surface area (Å²) in [6.07, 6.45) is 5.18. The maximum Gasteiger partial charge on any atom is 0.255 e. The zero-order valence-corrected chi connectivity index (χ0v) is 19.4. The van der Waals surface area contributed by atoms with E-state index in [0.717, 1.165) is 16.5 Å². The Morgan fingerprint density at radius 3 is 2.65 bits per heavy atom. The van der Waals surface area contributed by atoms with Crippen molar-refractivity contribution in [1.82, 2.24) is 15.2 Å². The van der Waals surface area contributed by atoms with Crippen molar-refractivity contribution in [3.63, 3.8) is 0 Å². The molecule has 0 bridgehead atoms. The average molecular weight is 475 g/mol. The Morgan fingerprint density at radius 1 is 1.09 bits per heavy atom. The summed E-state index contributed by atoms with van der Waals surface area (Å²) in [5.41, 5.74) is -0.0364. The summed E-state index contributed by atoms with van der Waals surface area (Å²) in [7, 11) is 1.58. The first-order chi connectivity index (χ1) is 16.4. The highest BCUT2D eigenvalue weighted by atomic mass is 35.5. The molecule has 34 heavy (non-hydrogen) atoms. The van der Waals surface area contributed by atoms with Gasteiger partial charge in [0.2, 0.25) is 11.8 Å². The maximum absolute atomic E-state index is 14.3. The van der Waals surface area contributed by atoms with E-state index in [1.807, 2.05) is 24.3 Å². The number of anilines is 1. The topological polar surface area (TPSA) is 82.6 Å². The van der Waals surface area contributed by atoms with E-state index >= 15 is 0 Å². The van der Waals surface area contributed by atoms with Crippen molar-refractivity contribution in [2.75, 3.05) is 25.0 Å². The van der Waals surface area contributed by atoms with Gasteiger partial charge in [0, 0.05) is 47.7 Å². The minimum absolute atomic E-state index is 0.0978. The molecule has 1 saturated carbocycles. The van der Waals surface area contributed by atoms with Gasteiger partial charge in [-0.25, -0.2) is 0 Å². The molecular formula is C26H23ClN4O3. The number of likely N-dealkylation sites (N-methyl/N-ethyl adjacent to an activating group) is 1.